The average molecular weight is 394 g/mol. The Bertz CT molecular complexity index is 829. The van der Waals surface area contributed by atoms with Gasteiger partial charge >= 0.3 is 0 Å². The third-order valence-corrected chi connectivity index (χ3v) is 4.90. The molecule has 0 saturated carbocycles. The lowest BCUT2D eigenvalue weighted by Gasteiger charge is -2.41. The Morgan fingerprint density at radius 2 is 2.11 bits per heavy atom. The van der Waals surface area contributed by atoms with E-state index in [4.69, 9.17) is 20.9 Å². The lowest BCUT2D eigenvalue weighted by molar-refractivity contribution is -0.142. The van der Waals surface area contributed by atoms with Gasteiger partial charge in [0.15, 0.2) is 5.13 Å². The molecule has 1 aliphatic rings. The Morgan fingerprint density at radius 3 is 2.74 bits per heavy atom. The van der Waals surface area contributed by atoms with Crippen LogP contribution in [0.25, 0.3) is 0 Å². The molecule has 2 heterocycles. The zero-order chi connectivity index (χ0) is 19.4. The highest BCUT2D eigenvalue weighted by Crippen LogP contribution is 2.26. The van der Waals surface area contributed by atoms with Crippen LogP contribution in [0.15, 0.2) is 30.5 Å². The number of benzene rings is 1. The number of nitrogen functional groups attached to an aromatic ring is 1. The summed E-state index contributed by atoms with van der Waals surface area (Å²) in [5, 5.41) is 0.301. The minimum absolute atomic E-state index is 0.0177. The molecule has 10 heteroatoms. The van der Waals surface area contributed by atoms with Crippen LogP contribution in [0.4, 0.5) is 9.52 Å². The molecule has 1 atom stereocenters. The van der Waals surface area contributed by atoms with Crippen molar-refractivity contribution in [1.29, 1.82) is 0 Å². The standard InChI is InChI=1S/C17H19FN4O4S/c18-11-1-3-12(4-2-11)25-10-17(7-14(19)23)9-22(5-6-26-17)15(24)13-8-21-16(20)27-13/h1-4,8H,5-7,9-10H2,(H2,19,23)(H2,20,21)/t17-/m1/s1. The summed E-state index contributed by atoms with van der Waals surface area (Å²) in [5.41, 5.74) is 9.88. The second-order valence-corrected chi connectivity index (χ2v) is 7.27. The van der Waals surface area contributed by atoms with Gasteiger partial charge in [-0.05, 0) is 24.3 Å². The Morgan fingerprint density at radius 1 is 1.37 bits per heavy atom. The average Bonchev–Trinajstić information content (AvgIpc) is 3.07. The van der Waals surface area contributed by atoms with Crippen molar-refractivity contribution in [2.75, 3.05) is 32.0 Å². The van der Waals surface area contributed by atoms with E-state index in [1.54, 1.807) is 4.90 Å². The first kappa shape index (κ1) is 19.1. The molecule has 0 aliphatic carbocycles. The molecule has 0 radical (unpaired) electrons. The number of carbonyl (C=O) groups excluding carboxylic acids is 2. The van der Waals surface area contributed by atoms with Crippen molar-refractivity contribution in [2.45, 2.75) is 12.0 Å². The van der Waals surface area contributed by atoms with Gasteiger partial charge in [-0.1, -0.05) is 11.3 Å². The highest BCUT2D eigenvalue weighted by molar-refractivity contribution is 7.17. The summed E-state index contributed by atoms with van der Waals surface area (Å²) in [6, 6.07) is 5.47. The van der Waals surface area contributed by atoms with Crippen LogP contribution in [0.2, 0.25) is 0 Å². The van der Waals surface area contributed by atoms with Crippen LogP contribution >= 0.6 is 11.3 Å². The topological polar surface area (TPSA) is 121 Å². The van der Waals surface area contributed by atoms with Crippen LogP contribution in [0.1, 0.15) is 16.1 Å². The molecule has 144 valence electrons. The Labute approximate surface area is 158 Å². The smallest absolute Gasteiger partial charge is 0.265 e. The van der Waals surface area contributed by atoms with Gasteiger partial charge in [0.25, 0.3) is 5.91 Å². The van der Waals surface area contributed by atoms with Crippen LogP contribution < -0.4 is 16.2 Å². The first-order valence-electron chi connectivity index (χ1n) is 8.18. The first-order valence-corrected chi connectivity index (χ1v) is 9.00. The van der Waals surface area contributed by atoms with E-state index in [9.17, 15) is 14.0 Å². The van der Waals surface area contributed by atoms with E-state index in [0.717, 1.165) is 11.3 Å². The molecule has 0 bridgehead atoms. The van der Waals surface area contributed by atoms with Crippen molar-refractivity contribution in [3.63, 3.8) is 0 Å². The number of primary amides is 1. The minimum Gasteiger partial charge on any atom is -0.490 e. The van der Waals surface area contributed by atoms with E-state index < -0.39 is 11.5 Å². The third kappa shape index (κ3) is 4.72. The normalized spacial score (nSPS) is 19.7. The van der Waals surface area contributed by atoms with Gasteiger partial charge in [0.05, 0.1) is 25.8 Å². The van der Waals surface area contributed by atoms with E-state index in [-0.39, 0.29) is 37.9 Å². The zero-order valence-corrected chi connectivity index (χ0v) is 15.2. The van der Waals surface area contributed by atoms with Crippen LogP contribution in [-0.4, -0.2) is 53.6 Å². The molecule has 0 spiro atoms. The van der Waals surface area contributed by atoms with Gasteiger partial charge < -0.3 is 25.8 Å². The van der Waals surface area contributed by atoms with Gasteiger partial charge in [0, 0.05) is 6.54 Å². The van der Waals surface area contributed by atoms with Gasteiger partial charge in [-0.2, -0.15) is 0 Å². The Hall–Kier alpha value is -2.72. The zero-order valence-electron chi connectivity index (χ0n) is 14.4. The molecule has 4 N–H and O–H groups in total. The number of anilines is 1. The predicted molar refractivity (Wildman–Crippen MR) is 96.8 cm³/mol. The van der Waals surface area contributed by atoms with Crippen LogP contribution in [0, 0.1) is 5.82 Å². The number of rotatable bonds is 6. The maximum Gasteiger partial charge on any atom is 0.265 e. The largest absolute Gasteiger partial charge is 0.490 e. The second-order valence-electron chi connectivity index (χ2n) is 6.21. The van der Waals surface area contributed by atoms with E-state index in [0.29, 0.717) is 22.3 Å². The summed E-state index contributed by atoms with van der Waals surface area (Å²) in [7, 11) is 0. The highest BCUT2D eigenvalue weighted by Gasteiger charge is 2.41. The fourth-order valence-electron chi connectivity index (χ4n) is 2.87. The number of hydrogen-bond donors (Lipinski definition) is 2. The molecule has 1 aliphatic heterocycles. The molecule has 1 saturated heterocycles. The summed E-state index contributed by atoms with van der Waals surface area (Å²) in [4.78, 5) is 30.1. The number of thiazole rings is 1. The number of nitrogens with two attached hydrogens (primary N) is 2. The number of aromatic nitrogens is 1. The molecular weight excluding hydrogens is 375 g/mol. The molecular formula is C17H19FN4O4S. The first-order chi connectivity index (χ1) is 12.9. The molecule has 2 amide bonds. The molecule has 8 nitrogen and oxygen atoms in total. The van der Waals surface area contributed by atoms with Crippen molar-refractivity contribution in [3.8, 4) is 5.75 Å². The lowest BCUT2D eigenvalue weighted by Crippen LogP contribution is -2.57. The summed E-state index contributed by atoms with van der Waals surface area (Å²) < 4.78 is 24.5. The lowest BCUT2D eigenvalue weighted by atomic mass is 9.97. The molecule has 1 aromatic heterocycles. The Balaban J connectivity index is 1.74. The van der Waals surface area contributed by atoms with E-state index >= 15 is 0 Å². The van der Waals surface area contributed by atoms with Gasteiger partial charge in [0.2, 0.25) is 5.91 Å². The number of carbonyl (C=O) groups is 2. The molecule has 27 heavy (non-hydrogen) atoms. The molecule has 1 aromatic carbocycles. The monoisotopic (exact) mass is 394 g/mol. The van der Waals surface area contributed by atoms with Gasteiger partial charge in [-0.25, -0.2) is 9.37 Å². The van der Waals surface area contributed by atoms with Crippen molar-refractivity contribution in [3.05, 3.63) is 41.2 Å². The quantitative estimate of drug-likeness (QED) is 0.755. The number of halogens is 1. The van der Waals surface area contributed by atoms with Crippen molar-refractivity contribution >= 4 is 28.3 Å². The molecule has 3 rings (SSSR count). The summed E-state index contributed by atoms with van der Waals surface area (Å²) in [5.74, 6) is -0.789. The Kier molecular flexibility index (Phi) is 5.57. The van der Waals surface area contributed by atoms with E-state index in [2.05, 4.69) is 4.98 Å². The van der Waals surface area contributed by atoms with Gasteiger partial charge in [-0.3, -0.25) is 9.59 Å². The molecule has 1 fully saturated rings. The number of hydrogen-bond acceptors (Lipinski definition) is 7. The number of morpholine rings is 1. The number of amides is 2. The number of nitrogens with zero attached hydrogens (tertiary/aromatic N) is 2. The SMILES string of the molecule is NC(=O)C[C@]1(COc2ccc(F)cc2)CN(C(=O)c2cnc(N)s2)CCO1. The fraction of sp³-hybridized carbons (Fsp3) is 0.353. The predicted octanol–water partition coefficient (Wildman–Crippen LogP) is 1.03. The minimum atomic E-state index is -1.09. The van der Waals surface area contributed by atoms with Gasteiger partial charge in [-0.15, -0.1) is 0 Å². The van der Waals surface area contributed by atoms with E-state index in [1.165, 1.54) is 30.5 Å². The molecule has 0 unspecified atom stereocenters. The van der Waals surface area contributed by atoms with Crippen molar-refractivity contribution < 1.29 is 23.5 Å². The van der Waals surface area contributed by atoms with E-state index in [1.807, 2.05) is 0 Å². The van der Waals surface area contributed by atoms with Crippen molar-refractivity contribution in [2.24, 2.45) is 5.73 Å². The molecule has 2 aromatic rings. The maximum atomic E-state index is 13.0. The van der Waals surface area contributed by atoms with Crippen molar-refractivity contribution in [1.82, 2.24) is 9.88 Å². The third-order valence-electron chi connectivity index (χ3n) is 4.08. The second kappa shape index (κ2) is 7.89. The summed E-state index contributed by atoms with van der Waals surface area (Å²) >= 11 is 1.09. The van der Waals surface area contributed by atoms with Crippen LogP contribution in [-0.2, 0) is 9.53 Å². The van der Waals surface area contributed by atoms with Crippen LogP contribution in [0.3, 0.4) is 0 Å². The fourth-order valence-corrected chi connectivity index (χ4v) is 3.52. The van der Waals surface area contributed by atoms with Gasteiger partial charge in [0.1, 0.15) is 28.7 Å². The number of ether oxygens (including phenoxy) is 2. The maximum absolute atomic E-state index is 13.0. The summed E-state index contributed by atoms with van der Waals surface area (Å²) in [6.45, 7) is 0.678. The summed E-state index contributed by atoms with van der Waals surface area (Å²) in [6.07, 6.45) is 1.30. The van der Waals surface area contributed by atoms with Crippen LogP contribution in [0.5, 0.6) is 5.75 Å². The highest BCUT2D eigenvalue weighted by atomic mass is 32.1.